The quantitative estimate of drug-likeness (QED) is 0.652. The van der Waals surface area contributed by atoms with E-state index in [1.807, 2.05) is 50.2 Å². The van der Waals surface area contributed by atoms with E-state index in [0.717, 1.165) is 46.5 Å². The molecule has 1 aliphatic carbocycles. The van der Waals surface area contributed by atoms with Crippen molar-refractivity contribution in [2.75, 3.05) is 25.6 Å². The normalized spacial score (nSPS) is 15.7. The number of benzene rings is 1. The monoisotopic (exact) mass is 431 g/mol. The van der Waals surface area contributed by atoms with Crippen molar-refractivity contribution in [1.29, 1.82) is 0 Å². The standard InChI is InChI=1S/C25H25N3O4/c1-15-4-7-21(27-22(15)17-12-16(2)23(30-3)26-14-17)28-24(29)25(8-9-25)18-5-6-19-20(13-18)32-11-10-31-19/h4-7,12-14H,8-11H2,1-3H3,(H,27,28,29). The van der Waals surface area contributed by atoms with Gasteiger partial charge in [-0.25, -0.2) is 9.97 Å². The molecule has 1 N–H and O–H groups in total. The third kappa shape index (κ3) is 3.53. The number of aryl methyl sites for hydroxylation is 2. The number of anilines is 1. The second kappa shape index (κ2) is 7.82. The number of nitrogens with zero attached hydrogens (tertiary/aromatic N) is 2. The molecule has 32 heavy (non-hydrogen) atoms. The number of pyridine rings is 2. The zero-order chi connectivity index (χ0) is 22.3. The number of nitrogens with one attached hydrogen (secondary N) is 1. The number of hydrogen-bond donors (Lipinski definition) is 1. The van der Waals surface area contributed by atoms with Crippen LogP contribution in [0.15, 0.2) is 42.6 Å². The van der Waals surface area contributed by atoms with Gasteiger partial charge in [0.05, 0.1) is 18.2 Å². The van der Waals surface area contributed by atoms with E-state index < -0.39 is 5.41 Å². The lowest BCUT2D eigenvalue weighted by Crippen LogP contribution is -2.28. The molecule has 164 valence electrons. The Morgan fingerprint density at radius 1 is 1.03 bits per heavy atom. The van der Waals surface area contributed by atoms with E-state index in [0.29, 0.717) is 30.7 Å². The van der Waals surface area contributed by atoms with E-state index in [9.17, 15) is 4.79 Å². The van der Waals surface area contributed by atoms with Crippen LogP contribution in [0.5, 0.6) is 17.4 Å². The lowest BCUT2D eigenvalue weighted by atomic mass is 9.94. The molecular weight excluding hydrogens is 406 g/mol. The Kier molecular flexibility index (Phi) is 4.96. The number of carbonyl (C=O) groups is 1. The van der Waals surface area contributed by atoms with Crippen molar-refractivity contribution in [2.24, 2.45) is 0 Å². The van der Waals surface area contributed by atoms with Gasteiger partial charge >= 0.3 is 0 Å². The van der Waals surface area contributed by atoms with Crippen molar-refractivity contribution in [3.05, 3.63) is 59.3 Å². The van der Waals surface area contributed by atoms with Crippen molar-refractivity contribution in [1.82, 2.24) is 9.97 Å². The van der Waals surface area contributed by atoms with Gasteiger partial charge < -0.3 is 19.5 Å². The molecule has 0 bridgehead atoms. The highest BCUT2D eigenvalue weighted by Crippen LogP contribution is 2.50. The Morgan fingerprint density at radius 3 is 2.53 bits per heavy atom. The van der Waals surface area contributed by atoms with Crippen LogP contribution in [-0.2, 0) is 10.2 Å². The van der Waals surface area contributed by atoms with E-state index in [-0.39, 0.29) is 5.91 Å². The Morgan fingerprint density at radius 2 is 1.81 bits per heavy atom. The molecule has 2 aliphatic rings. The summed E-state index contributed by atoms with van der Waals surface area (Å²) in [4.78, 5) is 22.4. The van der Waals surface area contributed by atoms with Crippen LogP contribution in [0.3, 0.4) is 0 Å². The van der Waals surface area contributed by atoms with Gasteiger partial charge in [0.1, 0.15) is 19.0 Å². The Hall–Kier alpha value is -3.61. The summed E-state index contributed by atoms with van der Waals surface area (Å²) < 4.78 is 16.6. The minimum absolute atomic E-state index is 0.0551. The fourth-order valence-corrected chi connectivity index (χ4v) is 4.14. The van der Waals surface area contributed by atoms with Crippen molar-refractivity contribution < 1.29 is 19.0 Å². The molecule has 2 aromatic heterocycles. The van der Waals surface area contributed by atoms with Crippen LogP contribution >= 0.6 is 0 Å². The van der Waals surface area contributed by atoms with Gasteiger partial charge in [-0.2, -0.15) is 0 Å². The number of amides is 1. The number of rotatable bonds is 5. The molecular formula is C25H25N3O4. The molecule has 7 heteroatoms. The molecule has 1 saturated carbocycles. The summed E-state index contributed by atoms with van der Waals surface area (Å²) in [6.45, 7) is 5.00. The van der Waals surface area contributed by atoms with Crippen LogP contribution in [0.25, 0.3) is 11.3 Å². The SMILES string of the molecule is COc1ncc(-c2nc(NC(=O)C3(c4ccc5c(c4)OCCO5)CC3)ccc2C)cc1C. The van der Waals surface area contributed by atoms with Crippen LogP contribution in [0.1, 0.15) is 29.5 Å². The highest BCUT2D eigenvalue weighted by Gasteiger charge is 2.51. The number of methoxy groups -OCH3 is 1. The molecule has 0 unspecified atom stereocenters. The van der Waals surface area contributed by atoms with E-state index >= 15 is 0 Å². The van der Waals surface area contributed by atoms with Gasteiger partial charge in [-0.3, -0.25) is 4.79 Å². The molecule has 1 aromatic carbocycles. The molecule has 0 radical (unpaired) electrons. The fourth-order valence-electron chi connectivity index (χ4n) is 4.14. The second-order valence-electron chi connectivity index (χ2n) is 8.31. The van der Waals surface area contributed by atoms with Gasteiger partial charge in [0.2, 0.25) is 11.8 Å². The molecule has 3 aromatic rings. The van der Waals surface area contributed by atoms with Crippen LogP contribution in [-0.4, -0.2) is 36.2 Å². The minimum Gasteiger partial charge on any atom is -0.486 e. The van der Waals surface area contributed by atoms with Crippen molar-refractivity contribution in [2.45, 2.75) is 32.1 Å². The number of carbonyl (C=O) groups excluding carboxylic acids is 1. The molecule has 0 atom stereocenters. The topological polar surface area (TPSA) is 82.6 Å². The maximum atomic E-state index is 13.3. The highest BCUT2D eigenvalue weighted by molar-refractivity contribution is 6.01. The average molecular weight is 431 g/mol. The fraction of sp³-hybridized carbons (Fsp3) is 0.320. The van der Waals surface area contributed by atoms with E-state index in [1.165, 1.54) is 0 Å². The minimum atomic E-state index is -0.555. The van der Waals surface area contributed by atoms with Gasteiger partial charge in [-0.15, -0.1) is 0 Å². The van der Waals surface area contributed by atoms with E-state index in [4.69, 9.17) is 19.2 Å². The molecule has 3 heterocycles. The maximum Gasteiger partial charge on any atom is 0.236 e. The van der Waals surface area contributed by atoms with E-state index in [1.54, 1.807) is 13.3 Å². The Balaban J connectivity index is 1.40. The molecule has 1 aliphatic heterocycles. The predicted octanol–water partition coefficient (Wildman–Crippen LogP) is 4.21. The summed E-state index contributed by atoms with van der Waals surface area (Å²) in [6.07, 6.45) is 3.32. The first-order chi connectivity index (χ1) is 15.5. The summed E-state index contributed by atoms with van der Waals surface area (Å²) in [5.41, 5.74) is 3.98. The van der Waals surface area contributed by atoms with Gasteiger partial charge in [-0.05, 0) is 62.1 Å². The maximum absolute atomic E-state index is 13.3. The van der Waals surface area contributed by atoms with Crippen molar-refractivity contribution >= 4 is 11.7 Å². The molecule has 1 amide bonds. The van der Waals surface area contributed by atoms with Gasteiger partial charge in [0.25, 0.3) is 0 Å². The lowest BCUT2D eigenvalue weighted by Gasteiger charge is -2.21. The highest BCUT2D eigenvalue weighted by atomic mass is 16.6. The first-order valence-electron chi connectivity index (χ1n) is 10.7. The summed E-state index contributed by atoms with van der Waals surface area (Å²) in [5, 5.41) is 3.03. The van der Waals surface area contributed by atoms with Gasteiger partial charge in [0.15, 0.2) is 11.5 Å². The largest absolute Gasteiger partial charge is 0.486 e. The van der Waals surface area contributed by atoms with Crippen molar-refractivity contribution in [3.8, 4) is 28.6 Å². The molecule has 5 rings (SSSR count). The third-order valence-corrected chi connectivity index (χ3v) is 6.12. The number of hydrogen-bond acceptors (Lipinski definition) is 6. The average Bonchev–Trinajstić information content (AvgIpc) is 3.62. The van der Waals surface area contributed by atoms with Crippen LogP contribution < -0.4 is 19.5 Å². The molecule has 0 saturated heterocycles. The summed E-state index contributed by atoms with van der Waals surface area (Å²) in [5.74, 6) is 2.48. The predicted molar refractivity (Wildman–Crippen MR) is 120 cm³/mol. The smallest absolute Gasteiger partial charge is 0.236 e. The summed E-state index contributed by atoms with van der Waals surface area (Å²) in [7, 11) is 1.60. The first-order valence-corrected chi connectivity index (χ1v) is 10.7. The zero-order valence-corrected chi connectivity index (χ0v) is 18.4. The third-order valence-electron chi connectivity index (χ3n) is 6.12. The van der Waals surface area contributed by atoms with Gasteiger partial charge in [-0.1, -0.05) is 12.1 Å². The zero-order valence-electron chi connectivity index (χ0n) is 18.4. The number of fused-ring (bicyclic) bond motifs is 1. The summed E-state index contributed by atoms with van der Waals surface area (Å²) in [6, 6.07) is 11.6. The Labute approximate surface area is 186 Å². The summed E-state index contributed by atoms with van der Waals surface area (Å²) >= 11 is 0. The van der Waals surface area contributed by atoms with Gasteiger partial charge in [0, 0.05) is 17.3 Å². The lowest BCUT2D eigenvalue weighted by molar-refractivity contribution is -0.118. The van der Waals surface area contributed by atoms with Crippen LogP contribution in [0.2, 0.25) is 0 Å². The van der Waals surface area contributed by atoms with E-state index in [2.05, 4.69) is 10.3 Å². The second-order valence-corrected chi connectivity index (χ2v) is 8.31. The molecule has 7 nitrogen and oxygen atoms in total. The first kappa shape index (κ1) is 20.3. The van der Waals surface area contributed by atoms with Crippen LogP contribution in [0.4, 0.5) is 5.82 Å². The molecule has 0 spiro atoms. The number of aromatic nitrogens is 2. The Bertz CT molecular complexity index is 1200. The van der Waals surface area contributed by atoms with Crippen molar-refractivity contribution in [3.63, 3.8) is 0 Å². The molecule has 1 fully saturated rings. The number of ether oxygens (including phenoxy) is 3. The van der Waals surface area contributed by atoms with Crippen LogP contribution in [0, 0.1) is 13.8 Å².